The van der Waals surface area contributed by atoms with Crippen molar-refractivity contribution in [2.75, 3.05) is 42.1 Å². The Morgan fingerprint density at radius 1 is 1.18 bits per heavy atom. The summed E-state index contributed by atoms with van der Waals surface area (Å²) in [5.41, 5.74) is 1.88. The van der Waals surface area contributed by atoms with E-state index in [4.69, 9.17) is 5.26 Å². The molecule has 2 aliphatic rings. The number of amides is 2. The number of carbonyl (C=O) groups excluding carboxylic acids is 2. The number of nitrogens with zero attached hydrogens (tertiary/aromatic N) is 4. The second kappa shape index (κ2) is 7.90. The highest BCUT2D eigenvalue weighted by Gasteiger charge is 2.24. The van der Waals surface area contributed by atoms with Crippen LogP contribution in [0.25, 0.3) is 0 Å². The maximum atomic E-state index is 12.9. The average molecular weight is 393 g/mol. The number of hydrogen-bond donors (Lipinski definition) is 1. The van der Waals surface area contributed by atoms with Crippen LogP contribution in [0.3, 0.4) is 0 Å². The van der Waals surface area contributed by atoms with E-state index in [-0.39, 0.29) is 11.8 Å². The fourth-order valence-electron chi connectivity index (χ4n) is 3.34. The molecule has 0 aliphatic carbocycles. The quantitative estimate of drug-likeness (QED) is 0.842. The predicted octanol–water partition coefficient (Wildman–Crippen LogP) is 2.35. The third-order valence-electron chi connectivity index (χ3n) is 4.85. The summed E-state index contributed by atoms with van der Waals surface area (Å²) >= 11 is 1.63. The Bertz CT molecular complexity index is 963. The van der Waals surface area contributed by atoms with Gasteiger partial charge in [0, 0.05) is 55.0 Å². The van der Waals surface area contributed by atoms with E-state index < -0.39 is 0 Å². The molecule has 142 valence electrons. The molecule has 28 heavy (non-hydrogen) atoms. The first-order valence-electron chi connectivity index (χ1n) is 9.11. The van der Waals surface area contributed by atoms with Crippen LogP contribution in [0, 0.1) is 11.3 Å². The van der Waals surface area contributed by atoms with Crippen LogP contribution in [-0.4, -0.2) is 53.6 Å². The molecule has 8 heteroatoms. The zero-order valence-electron chi connectivity index (χ0n) is 15.2. The first kappa shape index (κ1) is 18.3. The van der Waals surface area contributed by atoms with Gasteiger partial charge in [0.1, 0.15) is 5.82 Å². The van der Waals surface area contributed by atoms with E-state index in [1.807, 2.05) is 17.0 Å². The minimum atomic E-state index is -0.0373. The first-order chi connectivity index (χ1) is 13.6. The summed E-state index contributed by atoms with van der Waals surface area (Å²) < 4.78 is 0. The van der Waals surface area contributed by atoms with Gasteiger partial charge in [-0.25, -0.2) is 4.98 Å². The molecule has 0 radical (unpaired) electrons. The highest BCUT2D eigenvalue weighted by atomic mass is 32.2. The van der Waals surface area contributed by atoms with Gasteiger partial charge in [0.15, 0.2) is 0 Å². The molecule has 2 aliphatic heterocycles. The van der Waals surface area contributed by atoms with Gasteiger partial charge < -0.3 is 15.1 Å². The number of anilines is 2. The van der Waals surface area contributed by atoms with Gasteiger partial charge >= 0.3 is 0 Å². The van der Waals surface area contributed by atoms with Crippen molar-refractivity contribution in [1.29, 1.82) is 5.26 Å². The maximum absolute atomic E-state index is 12.9. The van der Waals surface area contributed by atoms with Crippen molar-refractivity contribution < 1.29 is 9.59 Å². The lowest BCUT2D eigenvalue weighted by Crippen LogP contribution is -2.49. The van der Waals surface area contributed by atoms with Gasteiger partial charge in [-0.1, -0.05) is 0 Å². The Kier molecular flexibility index (Phi) is 5.17. The van der Waals surface area contributed by atoms with E-state index in [2.05, 4.69) is 21.3 Å². The molecule has 0 spiro atoms. The van der Waals surface area contributed by atoms with Crippen molar-refractivity contribution in [3.63, 3.8) is 0 Å². The van der Waals surface area contributed by atoms with Crippen molar-refractivity contribution in [3.05, 3.63) is 47.7 Å². The SMILES string of the molecule is N#Cc1ccnc(N2CCN(C(=O)c3ccc4c(c3)NC(=O)CCS4)CC2)c1. The minimum Gasteiger partial charge on any atom is -0.353 e. The Hall–Kier alpha value is -3.05. The summed E-state index contributed by atoms with van der Waals surface area (Å²) in [7, 11) is 0. The molecule has 2 amide bonds. The lowest BCUT2D eigenvalue weighted by molar-refractivity contribution is -0.115. The Morgan fingerprint density at radius 2 is 2.00 bits per heavy atom. The number of piperazine rings is 1. The molecule has 1 aromatic carbocycles. The standard InChI is InChI=1S/C20H19N5O2S/c21-13-14-3-5-22-18(11-14)24-6-8-25(9-7-24)20(27)15-1-2-17-16(12-15)23-19(26)4-10-28-17/h1-3,5,11-12H,4,6-10H2,(H,23,26). The van der Waals surface area contributed by atoms with Crippen molar-refractivity contribution >= 4 is 35.1 Å². The van der Waals surface area contributed by atoms with Gasteiger partial charge in [-0.15, -0.1) is 11.8 Å². The monoisotopic (exact) mass is 393 g/mol. The van der Waals surface area contributed by atoms with Crippen molar-refractivity contribution in [2.45, 2.75) is 11.3 Å². The van der Waals surface area contributed by atoms with E-state index in [1.54, 1.807) is 36.2 Å². The second-order valence-electron chi connectivity index (χ2n) is 6.65. The lowest BCUT2D eigenvalue weighted by atomic mass is 10.1. The largest absolute Gasteiger partial charge is 0.353 e. The summed E-state index contributed by atoms with van der Waals surface area (Å²) in [5, 5.41) is 11.9. The fourth-order valence-corrected chi connectivity index (χ4v) is 4.27. The predicted molar refractivity (Wildman–Crippen MR) is 107 cm³/mol. The van der Waals surface area contributed by atoms with E-state index in [0.29, 0.717) is 43.7 Å². The smallest absolute Gasteiger partial charge is 0.254 e. The summed E-state index contributed by atoms with van der Waals surface area (Å²) in [5.74, 6) is 1.45. The number of rotatable bonds is 2. The number of fused-ring (bicyclic) bond motifs is 1. The topological polar surface area (TPSA) is 89.3 Å². The zero-order valence-corrected chi connectivity index (χ0v) is 16.0. The van der Waals surface area contributed by atoms with Gasteiger partial charge in [-0.05, 0) is 30.3 Å². The first-order valence-corrected chi connectivity index (χ1v) is 10.1. The van der Waals surface area contributed by atoms with E-state index in [0.717, 1.165) is 22.2 Å². The Labute approximate surface area is 167 Å². The molecular weight excluding hydrogens is 374 g/mol. The van der Waals surface area contributed by atoms with Gasteiger partial charge in [0.2, 0.25) is 5.91 Å². The molecule has 1 N–H and O–H groups in total. The second-order valence-corrected chi connectivity index (χ2v) is 7.79. The van der Waals surface area contributed by atoms with Crippen LogP contribution in [0.5, 0.6) is 0 Å². The summed E-state index contributed by atoms with van der Waals surface area (Å²) in [4.78, 5) is 33.9. The van der Waals surface area contributed by atoms with Crippen LogP contribution in [0.2, 0.25) is 0 Å². The van der Waals surface area contributed by atoms with Gasteiger partial charge in [0.25, 0.3) is 5.91 Å². The van der Waals surface area contributed by atoms with E-state index in [9.17, 15) is 9.59 Å². The third-order valence-corrected chi connectivity index (χ3v) is 5.93. The molecule has 0 bridgehead atoms. The number of aromatic nitrogens is 1. The van der Waals surface area contributed by atoms with Crippen LogP contribution in [0.4, 0.5) is 11.5 Å². The number of nitrogens with one attached hydrogen (secondary N) is 1. The van der Waals surface area contributed by atoms with Crippen molar-refractivity contribution in [3.8, 4) is 6.07 Å². The third kappa shape index (κ3) is 3.80. The molecular formula is C20H19N5O2S. The number of benzene rings is 1. The Balaban J connectivity index is 1.44. The number of carbonyl (C=O) groups is 2. The molecule has 1 saturated heterocycles. The average Bonchev–Trinajstić information content (AvgIpc) is 2.93. The molecule has 0 saturated carbocycles. The molecule has 1 fully saturated rings. The number of thioether (sulfide) groups is 1. The highest BCUT2D eigenvalue weighted by molar-refractivity contribution is 7.99. The van der Waals surface area contributed by atoms with Gasteiger partial charge in [-0.3, -0.25) is 9.59 Å². The maximum Gasteiger partial charge on any atom is 0.254 e. The van der Waals surface area contributed by atoms with Crippen LogP contribution in [-0.2, 0) is 4.79 Å². The fraction of sp³-hybridized carbons (Fsp3) is 0.300. The molecule has 7 nitrogen and oxygen atoms in total. The highest BCUT2D eigenvalue weighted by Crippen LogP contribution is 2.32. The molecule has 2 aromatic rings. The molecule has 1 aromatic heterocycles. The summed E-state index contributed by atoms with van der Waals surface area (Å²) in [6.45, 7) is 2.47. The molecule has 0 atom stereocenters. The molecule has 4 rings (SSSR count). The van der Waals surface area contributed by atoms with Gasteiger partial charge in [0.05, 0.1) is 17.3 Å². The van der Waals surface area contributed by atoms with Crippen molar-refractivity contribution in [2.24, 2.45) is 0 Å². The van der Waals surface area contributed by atoms with Crippen molar-refractivity contribution in [1.82, 2.24) is 9.88 Å². The van der Waals surface area contributed by atoms with Gasteiger partial charge in [-0.2, -0.15) is 5.26 Å². The van der Waals surface area contributed by atoms with E-state index >= 15 is 0 Å². The lowest BCUT2D eigenvalue weighted by Gasteiger charge is -2.35. The molecule has 3 heterocycles. The Morgan fingerprint density at radius 3 is 2.79 bits per heavy atom. The van der Waals surface area contributed by atoms with Crippen LogP contribution >= 0.6 is 11.8 Å². The zero-order chi connectivity index (χ0) is 19.5. The number of pyridine rings is 1. The number of hydrogen-bond acceptors (Lipinski definition) is 6. The minimum absolute atomic E-state index is 0.0171. The van der Waals surface area contributed by atoms with Crippen LogP contribution in [0.1, 0.15) is 22.3 Å². The van der Waals surface area contributed by atoms with E-state index in [1.165, 1.54) is 0 Å². The summed E-state index contributed by atoms with van der Waals surface area (Å²) in [6.07, 6.45) is 2.11. The normalized spacial score (nSPS) is 16.6. The number of nitriles is 1. The molecule has 0 unspecified atom stereocenters. The van der Waals surface area contributed by atoms with Crippen LogP contribution in [0.15, 0.2) is 41.4 Å². The van der Waals surface area contributed by atoms with Crippen LogP contribution < -0.4 is 10.2 Å². The summed E-state index contributed by atoms with van der Waals surface area (Å²) in [6, 6.07) is 11.1.